The van der Waals surface area contributed by atoms with Crippen molar-refractivity contribution < 1.29 is 14.3 Å². The van der Waals surface area contributed by atoms with Gasteiger partial charge in [0.1, 0.15) is 11.8 Å². The summed E-state index contributed by atoms with van der Waals surface area (Å²) >= 11 is 0. The first-order valence-electron chi connectivity index (χ1n) is 5.55. The van der Waals surface area contributed by atoms with E-state index in [0.717, 1.165) is 11.4 Å². The average Bonchev–Trinajstić information content (AvgIpc) is 2.40. The molecule has 1 saturated heterocycles. The van der Waals surface area contributed by atoms with Gasteiger partial charge in [0.15, 0.2) is 0 Å². The zero-order valence-electron chi connectivity index (χ0n) is 9.73. The summed E-state index contributed by atoms with van der Waals surface area (Å²) < 4.78 is 10.3. The molecule has 1 aromatic rings. The summed E-state index contributed by atoms with van der Waals surface area (Å²) in [4.78, 5) is 11.9. The van der Waals surface area contributed by atoms with Crippen molar-refractivity contribution in [3.63, 3.8) is 0 Å². The fourth-order valence-corrected chi connectivity index (χ4v) is 1.66. The highest BCUT2D eigenvalue weighted by molar-refractivity contribution is 5.95. The molecule has 1 fully saturated rings. The Kier molecular flexibility index (Phi) is 3.95. The Bertz CT molecular complexity index is 389. The lowest BCUT2D eigenvalue weighted by Gasteiger charge is -2.22. The van der Waals surface area contributed by atoms with Crippen LogP contribution in [0.15, 0.2) is 24.3 Å². The third-order valence-corrected chi connectivity index (χ3v) is 2.58. The third kappa shape index (κ3) is 3.18. The Morgan fingerprint density at radius 1 is 1.59 bits per heavy atom. The largest absolute Gasteiger partial charge is 0.497 e. The second kappa shape index (κ2) is 5.65. The molecule has 1 aliphatic rings. The number of ether oxygens (including phenoxy) is 2. The number of morpholine rings is 1. The molecule has 0 aromatic heterocycles. The molecule has 1 heterocycles. The molecule has 1 atom stereocenters. The summed E-state index contributed by atoms with van der Waals surface area (Å²) in [5.74, 6) is 0.633. The normalized spacial score (nSPS) is 19.7. The van der Waals surface area contributed by atoms with Crippen molar-refractivity contribution in [2.24, 2.45) is 0 Å². The maximum atomic E-state index is 11.9. The van der Waals surface area contributed by atoms with Crippen LogP contribution < -0.4 is 15.4 Å². The first-order chi connectivity index (χ1) is 8.29. The Morgan fingerprint density at radius 3 is 3.18 bits per heavy atom. The fourth-order valence-electron chi connectivity index (χ4n) is 1.66. The number of hydrogen-bond acceptors (Lipinski definition) is 4. The number of rotatable bonds is 3. The van der Waals surface area contributed by atoms with Crippen molar-refractivity contribution in [1.29, 1.82) is 0 Å². The fraction of sp³-hybridized carbons (Fsp3) is 0.417. The lowest BCUT2D eigenvalue weighted by Crippen LogP contribution is -2.48. The highest BCUT2D eigenvalue weighted by Gasteiger charge is 2.21. The molecule has 2 N–H and O–H groups in total. The summed E-state index contributed by atoms with van der Waals surface area (Å²) in [6.45, 7) is 1.77. The predicted molar refractivity (Wildman–Crippen MR) is 64.2 cm³/mol. The third-order valence-electron chi connectivity index (χ3n) is 2.58. The van der Waals surface area contributed by atoms with Crippen molar-refractivity contribution in [2.75, 3.05) is 32.2 Å². The highest BCUT2D eigenvalue weighted by atomic mass is 16.5. The minimum atomic E-state index is -0.282. The molecular formula is C12H16N2O3. The maximum Gasteiger partial charge on any atom is 0.243 e. The van der Waals surface area contributed by atoms with Gasteiger partial charge in [-0.05, 0) is 12.1 Å². The maximum absolute atomic E-state index is 11.9. The van der Waals surface area contributed by atoms with E-state index in [-0.39, 0.29) is 11.9 Å². The van der Waals surface area contributed by atoms with Crippen LogP contribution in [0.1, 0.15) is 0 Å². The summed E-state index contributed by atoms with van der Waals surface area (Å²) in [6, 6.07) is 6.98. The van der Waals surface area contributed by atoms with Gasteiger partial charge in [0, 0.05) is 18.3 Å². The number of nitrogens with one attached hydrogen (secondary N) is 2. The lowest BCUT2D eigenvalue weighted by atomic mass is 10.2. The van der Waals surface area contributed by atoms with Crippen LogP contribution in [-0.2, 0) is 9.53 Å². The molecule has 5 heteroatoms. The van der Waals surface area contributed by atoms with Gasteiger partial charge in [-0.2, -0.15) is 0 Å². The van der Waals surface area contributed by atoms with Gasteiger partial charge >= 0.3 is 0 Å². The molecule has 1 aliphatic heterocycles. The van der Waals surface area contributed by atoms with E-state index in [1.165, 1.54) is 0 Å². The van der Waals surface area contributed by atoms with Gasteiger partial charge in [-0.3, -0.25) is 4.79 Å². The van der Waals surface area contributed by atoms with Crippen LogP contribution in [0, 0.1) is 0 Å². The van der Waals surface area contributed by atoms with Crippen LogP contribution in [-0.4, -0.2) is 38.8 Å². The van der Waals surface area contributed by atoms with E-state index in [9.17, 15) is 4.79 Å². The minimum Gasteiger partial charge on any atom is -0.497 e. The van der Waals surface area contributed by atoms with Crippen LogP contribution in [0.3, 0.4) is 0 Å². The van der Waals surface area contributed by atoms with E-state index in [1.54, 1.807) is 13.2 Å². The minimum absolute atomic E-state index is 0.0852. The molecule has 0 radical (unpaired) electrons. The van der Waals surface area contributed by atoms with Gasteiger partial charge in [-0.1, -0.05) is 6.07 Å². The molecule has 0 unspecified atom stereocenters. The topological polar surface area (TPSA) is 59.6 Å². The number of carbonyl (C=O) groups excluding carboxylic acids is 1. The molecule has 17 heavy (non-hydrogen) atoms. The molecule has 2 rings (SSSR count). The van der Waals surface area contributed by atoms with Gasteiger partial charge in [-0.15, -0.1) is 0 Å². The molecule has 0 saturated carbocycles. The molecular weight excluding hydrogens is 220 g/mol. The summed E-state index contributed by atoms with van der Waals surface area (Å²) in [5.41, 5.74) is 0.724. The number of benzene rings is 1. The summed E-state index contributed by atoms with van der Waals surface area (Å²) in [5, 5.41) is 5.92. The monoisotopic (exact) mass is 236 g/mol. The van der Waals surface area contributed by atoms with Gasteiger partial charge in [0.05, 0.1) is 20.3 Å². The smallest absolute Gasteiger partial charge is 0.243 e. The summed E-state index contributed by atoms with van der Waals surface area (Å²) in [7, 11) is 1.59. The predicted octanol–water partition coefficient (Wildman–Crippen LogP) is 0.622. The van der Waals surface area contributed by atoms with Gasteiger partial charge in [0.25, 0.3) is 0 Å². The molecule has 0 spiro atoms. The standard InChI is InChI=1S/C12H16N2O3/c1-16-10-4-2-3-9(7-10)14-12(15)11-8-17-6-5-13-11/h2-4,7,11,13H,5-6,8H2,1H3,(H,14,15)/t11-/m1/s1. The SMILES string of the molecule is COc1cccc(NC(=O)[C@H]2COCCN2)c1. The van der Waals surface area contributed by atoms with Gasteiger partial charge in [0.2, 0.25) is 5.91 Å². The second-order valence-electron chi connectivity index (χ2n) is 3.80. The number of carbonyl (C=O) groups is 1. The van der Waals surface area contributed by atoms with Crippen molar-refractivity contribution in [2.45, 2.75) is 6.04 Å². The molecule has 1 amide bonds. The van der Waals surface area contributed by atoms with Gasteiger partial charge in [-0.25, -0.2) is 0 Å². The summed E-state index contributed by atoms with van der Waals surface area (Å²) in [6.07, 6.45) is 0. The van der Waals surface area contributed by atoms with Crippen LogP contribution in [0.2, 0.25) is 0 Å². The van der Waals surface area contributed by atoms with Crippen molar-refractivity contribution in [3.8, 4) is 5.75 Å². The number of anilines is 1. The van der Waals surface area contributed by atoms with Gasteiger partial charge < -0.3 is 20.1 Å². The van der Waals surface area contributed by atoms with Crippen molar-refractivity contribution in [1.82, 2.24) is 5.32 Å². The molecule has 5 nitrogen and oxygen atoms in total. The second-order valence-corrected chi connectivity index (χ2v) is 3.80. The number of amides is 1. The van der Waals surface area contributed by atoms with E-state index in [2.05, 4.69) is 10.6 Å². The zero-order valence-corrected chi connectivity index (χ0v) is 9.73. The van der Waals surface area contributed by atoms with E-state index in [4.69, 9.17) is 9.47 Å². The quantitative estimate of drug-likeness (QED) is 0.808. The first-order valence-corrected chi connectivity index (χ1v) is 5.55. The van der Waals surface area contributed by atoms with Crippen molar-refractivity contribution >= 4 is 11.6 Å². The van der Waals surface area contributed by atoms with Crippen molar-refractivity contribution in [3.05, 3.63) is 24.3 Å². The molecule has 1 aromatic carbocycles. The number of methoxy groups -OCH3 is 1. The van der Waals surface area contributed by atoms with Crippen LogP contribution in [0.25, 0.3) is 0 Å². The highest BCUT2D eigenvalue weighted by Crippen LogP contribution is 2.16. The lowest BCUT2D eigenvalue weighted by molar-refractivity contribution is -0.120. The Labute approximate surface area is 100 Å². The van der Waals surface area contributed by atoms with Crippen LogP contribution >= 0.6 is 0 Å². The van der Waals surface area contributed by atoms with Crippen LogP contribution in [0.5, 0.6) is 5.75 Å². The van der Waals surface area contributed by atoms with E-state index < -0.39 is 0 Å². The first kappa shape index (κ1) is 11.9. The van der Waals surface area contributed by atoms with E-state index in [0.29, 0.717) is 19.8 Å². The Balaban J connectivity index is 1.96. The van der Waals surface area contributed by atoms with E-state index >= 15 is 0 Å². The Morgan fingerprint density at radius 2 is 2.47 bits per heavy atom. The van der Waals surface area contributed by atoms with Crippen LogP contribution in [0.4, 0.5) is 5.69 Å². The molecule has 92 valence electrons. The molecule has 0 bridgehead atoms. The molecule has 0 aliphatic carbocycles. The zero-order chi connectivity index (χ0) is 12.1. The number of hydrogen-bond donors (Lipinski definition) is 2. The Hall–Kier alpha value is -1.59. The average molecular weight is 236 g/mol. The van der Waals surface area contributed by atoms with E-state index in [1.807, 2.05) is 18.2 Å².